The molecule has 1 aliphatic rings. The van der Waals surface area contributed by atoms with Crippen LogP contribution >= 0.6 is 0 Å². The maximum atomic E-state index is 5.78. The fourth-order valence-corrected chi connectivity index (χ4v) is 3.96. The SMILES string of the molecule is NCc1ccc(-c2nc3ccc(C4=NN=C(c5ncccn5)C4)nc3nc2-c2ccccc2)cc1. The van der Waals surface area contributed by atoms with Gasteiger partial charge in [0.15, 0.2) is 11.5 Å². The lowest BCUT2D eigenvalue weighted by atomic mass is 10.0. The highest BCUT2D eigenvalue weighted by atomic mass is 15.2. The Hall–Kier alpha value is -4.69. The Morgan fingerprint density at radius 2 is 1.37 bits per heavy atom. The largest absolute Gasteiger partial charge is 0.326 e. The number of pyridine rings is 1. The predicted molar refractivity (Wildman–Crippen MR) is 136 cm³/mol. The van der Waals surface area contributed by atoms with E-state index in [0.717, 1.165) is 39.5 Å². The first-order valence-corrected chi connectivity index (χ1v) is 11.2. The molecule has 2 N–H and O–H groups in total. The first kappa shape index (κ1) is 20.9. The Kier molecular flexibility index (Phi) is 5.32. The molecule has 168 valence electrons. The molecule has 1 aliphatic heterocycles. The van der Waals surface area contributed by atoms with Gasteiger partial charge in [-0.2, -0.15) is 10.2 Å². The van der Waals surface area contributed by atoms with Crippen molar-refractivity contribution in [2.45, 2.75) is 13.0 Å². The predicted octanol–water partition coefficient (Wildman–Crippen LogP) is 4.20. The van der Waals surface area contributed by atoms with Crippen molar-refractivity contribution in [1.29, 1.82) is 0 Å². The van der Waals surface area contributed by atoms with E-state index in [4.69, 9.17) is 20.7 Å². The van der Waals surface area contributed by atoms with Crippen molar-refractivity contribution in [2.75, 3.05) is 0 Å². The smallest absolute Gasteiger partial charge is 0.179 e. The number of benzene rings is 2. The molecular formula is C27H20N8. The third-order valence-electron chi connectivity index (χ3n) is 5.78. The first-order chi connectivity index (χ1) is 17.3. The number of nitrogens with two attached hydrogens (primary N) is 1. The molecule has 0 bridgehead atoms. The maximum absolute atomic E-state index is 5.78. The molecule has 0 saturated heterocycles. The van der Waals surface area contributed by atoms with Crippen LogP contribution < -0.4 is 5.73 Å². The molecule has 5 aromatic rings. The van der Waals surface area contributed by atoms with E-state index >= 15 is 0 Å². The Morgan fingerprint density at radius 1 is 0.657 bits per heavy atom. The average molecular weight is 457 g/mol. The van der Waals surface area contributed by atoms with Crippen LogP contribution in [0.5, 0.6) is 0 Å². The van der Waals surface area contributed by atoms with Crippen LogP contribution in [-0.4, -0.2) is 36.3 Å². The second-order valence-corrected chi connectivity index (χ2v) is 8.07. The summed E-state index contributed by atoms with van der Waals surface area (Å²) in [5.74, 6) is 0.573. The van der Waals surface area contributed by atoms with Crippen molar-refractivity contribution in [1.82, 2.24) is 24.9 Å². The fourth-order valence-electron chi connectivity index (χ4n) is 3.96. The van der Waals surface area contributed by atoms with Gasteiger partial charge >= 0.3 is 0 Å². The van der Waals surface area contributed by atoms with Crippen LogP contribution in [0.4, 0.5) is 0 Å². The van der Waals surface area contributed by atoms with Gasteiger partial charge in [0.05, 0.1) is 22.8 Å². The normalized spacial score (nSPS) is 13.1. The van der Waals surface area contributed by atoms with Gasteiger partial charge < -0.3 is 5.73 Å². The molecule has 0 radical (unpaired) electrons. The summed E-state index contributed by atoms with van der Waals surface area (Å²) in [6, 6.07) is 23.7. The molecule has 0 unspecified atom stereocenters. The van der Waals surface area contributed by atoms with E-state index in [1.165, 1.54) is 0 Å². The molecule has 0 amide bonds. The van der Waals surface area contributed by atoms with E-state index in [2.05, 4.69) is 20.2 Å². The van der Waals surface area contributed by atoms with Crippen LogP contribution in [0, 0.1) is 0 Å². The summed E-state index contributed by atoms with van der Waals surface area (Å²) < 4.78 is 0. The summed E-state index contributed by atoms with van der Waals surface area (Å²) in [7, 11) is 0. The van der Waals surface area contributed by atoms with Crippen LogP contribution in [0.25, 0.3) is 33.7 Å². The van der Waals surface area contributed by atoms with E-state index in [1.807, 2.05) is 66.7 Å². The van der Waals surface area contributed by atoms with Crippen molar-refractivity contribution < 1.29 is 0 Å². The van der Waals surface area contributed by atoms with E-state index in [1.54, 1.807) is 18.5 Å². The highest BCUT2D eigenvalue weighted by Gasteiger charge is 2.20. The van der Waals surface area contributed by atoms with Crippen molar-refractivity contribution in [3.63, 3.8) is 0 Å². The van der Waals surface area contributed by atoms with Gasteiger partial charge in [0.25, 0.3) is 0 Å². The summed E-state index contributed by atoms with van der Waals surface area (Å²) in [6.07, 6.45) is 3.89. The molecular weight excluding hydrogens is 436 g/mol. The molecule has 0 aliphatic carbocycles. The first-order valence-electron chi connectivity index (χ1n) is 11.2. The maximum Gasteiger partial charge on any atom is 0.179 e. The minimum absolute atomic E-state index is 0.494. The van der Waals surface area contributed by atoms with E-state index in [0.29, 0.717) is 35.6 Å². The number of fused-ring (bicyclic) bond motifs is 1. The topological polar surface area (TPSA) is 115 Å². The zero-order valence-corrected chi connectivity index (χ0v) is 18.7. The molecule has 0 saturated carbocycles. The van der Waals surface area contributed by atoms with Crippen molar-refractivity contribution in [3.8, 4) is 22.5 Å². The monoisotopic (exact) mass is 456 g/mol. The number of hydrogen-bond donors (Lipinski definition) is 1. The standard InChI is InChI=1S/C27H20N8/c28-16-17-7-9-19(10-8-17)24-25(18-5-2-1-3-6-18)33-27-21(31-24)12-11-20(32-27)22-15-23(35-34-22)26-29-13-4-14-30-26/h1-14H,15-16,28H2. The molecule has 8 nitrogen and oxygen atoms in total. The summed E-state index contributed by atoms with van der Waals surface area (Å²) >= 11 is 0. The van der Waals surface area contributed by atoms with Crippen molar-refractivity contribution in [2.24, 2.45) is 15.9 Å². The number of hydrogen-bond acceptors (Lipinski definition) is 8. The highest BCUT2D eigenvalue weighted by Crippen LogP contribution is 2.31. The summed E-state index contributed by atoms with van der Waals surface area (Å²) in [5.41, 5.74) is 13.8. The van der Waals surface area contributed by atoms with Crippen LogP contribution in [-0.2, 0) is 6.54 Å². The zero-order chi connectivity index (χ0) is 23.6. The fraction of sp³-hybridized carbons (Fsp3) is 0.0741. The number of nitrogens with zero attached hydrogens (tertiary/aromatic N) is 7. The second-order valence-electron chi connectivity index (χ2n) is 8.07. The summed E-state index contributed by atoms with van der Waals surface area (Å²) in [6.45, 7) is 0.494. The van der Waals surface area contributed by atoms with Gasteiger partial charge in [0.2, 0.25) is 0 Å². The summed E-state index contributed by atoms with van der Waals surface area (Å²) in [5, 5.41) is 8.61. The van der Waals surface area contributed by atoms with Gasteiger partial charge in [-0.25, -0.2) is 24.9 Å². The molecule has 35 heavy (non-hydrogen) atoms. The van der Waals surface area contributed by atoms with Crippen molar-refractivity contribution >= 4 is 22.6 Å². The molecule has 0 spiro atoms. The van der Waals surface area contributed by atoms with Gasteiger partial charge in [-0.1, -0.05) is 54.6 Å². The Bertz CT molecular complexity index is 1580. The molecule has 2 aromatic carbocycles. The average Bonchev–Trinajstić information content (AvgIpc) is 3.44. The third-order valence-corrected chi connectivity index (χ3v) is 5.78. The molecule has 4 heterocycles. The van der Waals surface area contributed by atoms with Crippen LogP contribution in [0.1, 0.15) is 23.5 Å². The van der Waals surface area contributed by atoms with Gasteiger partial charge in [0, 0.05) is 36.5 Å². The zero-order valence-electron chi connectivity index (χ0n) is 18.7. The third kappa shape index (κ3) is 4.07. The quantitative estimate of drug-likeness (QED) is 0.424. The lowest BCUT2D eigenvalue weighted by Gasteiger charge is -2.11. The van der Waals surface area contributed by atoms with Gasteiger partial charge in [-0.3, -0.25) is 0 Å². The molecule has 3 aromatic heterocycles. The van der Waals surface area contributed by atoms with Crippen LogP contribution in [0.2, 0.25) is 0 Å². The van der Waals surface area contributed by atoms with Gasteiger partial charge in [-0.05, 0) is 23.8 Å². The second kappa shape index (κ2) is 8.92. The molecule has 8 heteroatoms. The van der Waals surface area contributed by atoms with Crippen molar-refractivity contribution in [3.05, 3.63) is 102 Å². The van der Waals surface area contributed by atoms with E-state index < -0.39 is 0 Å². The highest BCUT2D eigenvalue weighted by molar-refractivity contribution is 6.18. The molecule has 0 atom stereocenters. The Morgan fingerprint density at radius 3 is 2.14 bits per heavy atom. The Labute approximate surface area is 201 Å². The summed E-state index contributed by atoms with van der Waals surface area (Å²) in [4.78, 5) is 23.3. The minimum Gasteiger partial charge on any atom is -0.326 e. The Balaban J connectivity index is 1.41. The lowest BCUT2D eigenvalue weighted by molar-refractivity contribution is 1.07. The number of rotatable bonds is 5. The molecule has 0 fully saturated rings. The lowest BCUT2D eigenvalue weighted by Crippen LogP contribution is -2.10. The van der Waals surface area contributed by atoms with Gasteiger partial charge in [0.1, 0.15) is 11.2 Å². The van der Waals surface area contributed by atoms with E-state index in [-0.39, 0.29) is 0 Å². The molecule has 6 rings (SSSR count). The van der Waals surface area contributed by atoms with Crippen LogP contribution in [0.15, 0.2) is 95.4 Å². The van der Waals surface area contributed by atoms with Gasteiger partial charge in [-0.15, -0.1) is 0 Å². The minimum atomic E-state index is 0.494. The number of aromatic nitrogens is 5. The van der Waals surface area contributed by atoms with Crippen LogP contribution in [0.3, 0.4) is 0 Å². The van der Waals surface area contributed by atoms with E-state index in [9.17, 15) is 0 Å².